The maximum absolute atomic E-state index is 8.91. The van der Waals surface area contributed by atoms with Gasteiger partial charge < -0.3 is 14.7 Å². The largest absolute Gasteiger partial charge is 0.707 e. The topological polar surface area (TPSA) is 49.7 Å². The van der Waals surface area contributed by atoms with Crippen molar-refractivity contribution in [2.75, 3.05) is 0 Å². The van der Waals surface area contributed by atoms with Crippen LogP contribution in [-0.2, 0) is 0 Å². The molecule has 0 atom stereocenters. The van der Waals surface area contributed by atoms with Gasteiger partial charge in [-0.15, -0.1) is 0 Å². The van der Waals surface area contributed by atoms with Crippen LogP contribution in [0.1, 0.15) is 13.8 Å². The summed E-state index contributed by atoms with van der Waals surface area (Å²) in [4.78, 5) is 1.35. The summed E-state index contributed by atoms with van der Waals surface area (Å²) in [5, 5.41) is 19.0. The zero-order valence-electron chi connectivity index (χ0n) is 10.9. The van der Waals surface area contributed by atoms with Crippen molar-refractivity contribution in [1.29, 1.82) is 0 Å². The molecule has 0 spiro atoms. The van der Waals surface area contributed by atoms with E-state index in [9.17, 15) is 0 Å². The Morgan fingerprint density at radius 3 is 2.84 bits per heavy atom. The third-order valence-electron chi connectivity index (χ3n) is 3.57. The van der Waals surface area contributed by atoms with E-state index in [1.165, 1.54) is 21.2 Å². The van der Waals surface area contributed by atoms with Crippen LogP contribution in [0.4, 0.5) is 0 Å². The molecule has 0 radical (unpaired) electrons. The van der Waals surface area contributed by atoms with Crippen LogP contribution < -0.4 is 14.7 Å². The summed E-state index contributed by atoms with van der Waals surface area (Å²) in [6, 6.07) is 1.92. The highest BCUT2D eigenvalue weighted by Crippen LogP contribution is 2.38. The minimum Gasteiger partial charge on any atom is -0.512 e. The lowest BCUT2D eigenvalue weighted by Crippen LogP contribution is -2.31. The van der Waals surface area contributed by atoms with Crippen LogP contribution in [-0.4, -0.2) is 26.5 Å². The van der Waals surface area contributed by atoms with E-state index in [0.717, 1.165) is 0 Å². The van der Waals surface area contributed by atoms with Gasteiger partial charge in [0.25, 0.3) is 0 Å². The highest BCUT2D eigenvalue weighted by atomic mass is 28.2. The second-order valence-electron chi connectivity index (χ2n) is 5.42. The molecule has 0 bridgehead atoms. The molecule has 0 unspecified atom stereocenters. The molecule has 1 aromatic heterocycles. The summed E-state index contributed by atoms with van der Waals surface area (Å²) in [5.74, 6) is 0.552. The summed E-state index contributed by atoms with van der Waals surface area (Å²) in [6.07, 6.45) is 8.67. The predicted octanol–water partition coefficient (Wildman–Crippen LogP) is -0.427. The normalized spacial score (nSPS) is 18.3. The molecular formula is C14H15BO3Si. The number of hydrogen-bond acceptors (Lipinski definition) is 3. The molecule has 1 aromatic rings. The lowest BCUT2D eigenvalue weighted by Gasteiger charge is -2.26. The standard InChI is InChI=1S/C14H15BO3Si/c1-14(2)5-3-4-9-6-12-11(13(9)14)7-10(8-19-12)18-15(16)17/h3-8,16-17,19H,1-2H3. The van der Waals surface area contributed by atoms with Crippen molar-refractivity contribution in [2.24, 2.45) is 5.41 Å². The second-order valence-corrected chi connectivity index (χ2v) is 6.70. The number of rotatable bonds is 2. The number of fused-ring (bicyclic) bond motifs is 2. The van der Waals surface area contributed by atoms with Crippen molar-refractivity contribution in [3.05, 3.63) is 45.6 Å². The van der Waals surface area contributed by atoms with Crippen LogP contribution in [0.25, 0.3) is 11.6 Å². The molecule has 0 saturated heterocycles. The highest BCUT2D eigenvalue weighted by molar-refractivity contribution is 6.34. The molecule has 2 N–H and O–H groups in total. The lowest BCUT2D eigenvalue weighted by atomic mass is 9.77. The summed E-state index contributed by atoms with van der Waals surface area (Å²) >= 11 is 0. The molecule has 1 heterocycles. The minimum absolute atomic E-state index is 0.00606. The Bertz CT molecular complexity index is 717. The van der Waals surface area contributed by atoms with E-state index in [0.29, 0.717) is 5.75 Å². The molecule has 5 heteroatoms. The van der Waals surface area contributed by atoms with Gasteiger partial charge in [0, 0.05) is 14.5 Å². The Hall–Kier alpha value is -1.43. The van der Waals surface area contributed by atoms with Gasteiger partial charge in [0.05, 0.1) is 5.75 Å². The molecule has 19 heavy (non-hydrogen) atoms. The first kappa shape index (κ1) is 12.6. The number of allylic oxidation sites excluding steroid dienone is 4. The monoisotopic (exact) mass is 270 g/mol. The molecule has 0 aliphatic heterocycles. The summed E-state index contributed by atoms with van der Waals surface area (Å²) < 4.78 is 4.99. The molecule has 3 nitrogen and oxygen atoms in total. The summed E-state index contributed by atoms with van der Waals surface area (Å²) in [5.41, 5.74) is 4.52. The van der Waals surface area contributed by atoms with Gasteiger partial charge in [-0.2, -0.15) is 0 Å². The Morgan fingerprint density at radius 2 is 2.11 bits per heavy atom. The SMILES string of the molecule is CC1(C)C=CC=C2C=c3[siH]cc(OB(O)O)cc3=C21. The van der Waals surface area contributed by atoms with Crippen molar-refractivity contribution in [3.8, 4) is 5.75 Å². The maximum Gasteiger partial charge on any atom is 0.707 e. The molecule has 0 saturated carbocycles. The van der Waals surface area contributed by atoms with E-state index < -0.39 is 7.32 Å². The van der Waals surface area contributed by atoms with Gasteiger partial charge in [-0.25, -0.2) is 0 Å². The van der Waals surface area contributed by atoms with Gasteiger partial charge in [0.2, 0.25) is 0 Å². The van der Waals surface area contributed by atoms with Crippen LogP contribution in [0.2, 0.25) is 0 Å². The summed E-state index contributed by atoms with van der Waals surface area (Å²) in [7, 11) is -1.79. The lowest BCUT2D eigenvalue weighted by molar-refractivity contribution is 0.288. The average Bonchev–Trinajstić information content (AvgIpc) is 2.66. The van der Waals surface area contributed by atoms with Gasteiger partial charge in [-0.1, -0.05) is 38.2 Å². The Labute approximate surface area is 114 Å². The molecule has 2 aliphatic rings. The molecule has 0 fully saturated rings. The Kier molecular flexibility index (Phi) is 2.85. The van der Waals surface area contributed by atoms with Crippen LogP contribution in [0.5, 0.6) is 5.75 Å². The van der Waals surface area contributed by atoms with E-state index in [4.69, 9.17) is 14.7 Å². The van der Waals surface area contributed by atoms with E-state index in [2.05, 4.69) is 38.2 Å². The van der Waals surface area contributed by atoms with E-state index in [1.807, 2.05) is 11.7 Å². The smallest absolute Gasteiger partial charge is 0.512 e. The van der Waals surface area contributed by atoms with Gasteiger partial charge in [0.15, 0.2) is 0 Å². The Balaban J connectivity index is 2.23. The fourth-order valence-corrected chi connectivity index (χ4v) is 4.00. The first-order chi connectivity index (χ1) is 8.97. The van der Waals surface area contributed by atoms with Crippen LogP contribution in [0.3, 0.4) is 0 Å². The van der Waals surface area contributed by atoms with Crippen molar-refractivity contribution >= 4 is 28.1 Å². The highest BCUT2D eigenvalue weighted by Gasteiger charge is 2.27. The third-order valence-corrected chi connectivity index (χ3v) is 4.90. The molecule has 3 rings (SSSR count). The second kappa shape index (κ2) is 4.30. The summed E-state index contributed by atoms with van der Waals surface area (Å²) in [6.45, 7) is 4.39. The van der Waals surface area contributed by atoms with Crippen molar-refractivity contribution in [3.63, 3.8) is 0 Å². The zero-order chi connectivity index (χ0) is 13.6. The molecular weight excluding hydrogens is 255 g/mol. The first-order valence-electron chi connectivity index (χ1n) is 6.27. The van der Waals surface area contributed by atoms with Crippen LogP contribution >= 0.6 is 0 Å². The van der Waals surface area contributed by atoms with Crippen molar-refractivity contribution < 1.29 is 14.7 Å². The van der Waals surface area contributed by atoms with Crippen molar-refractivity contribution in [2.45, 2.75) is 13.8 Å². The van der Waals surface area contributed by atoms with E-state index >= 15 is 0 Å². The predicted molar refractivity (Wildman–Crippen MR) is 78.1 cm³/mol. The number of hydrogen-bond donors (Lipinski definition) is 2. The van der Waals surface area contributed by atoms with Crippen LogP contribution in [0.15, 0.2) is 35.5 Å². The fourth-order valence-electron chi connectivity index (χ4n) is 2.79. The molecule has 0 amide bonds. The Morgan fingerprint density at radius 1 is 1.32 bits per heavy atom. The van der Waals surface area contributed by atoms with Gasteiger partial charge in [0.1, 0.15) is 0 Å². The fraction of sp³-hybridized carbons (Fsp3) is 0.214. The zero-order valence-corrected chi connectivity index (χ0v) is 12.1. The quantitative estimate of drug-likeness (QED) is 0.717. The van der Waals surface area contributed by atoms with E-state index in [1.54, 1.807) is 0 Å². The maximum atomic E-state index is 8.91. The molecule has 96 valence electrons. The van der Waals surface area contributed by atoms with E-state index in [-0.39, 0.29) is 14.5 Å². The van der Waals surface area contributed by atoms with Gasteiger partial charge in [-0.3, -0.25) is 0 Å². The van der Waals surface area contributed by atoms with Gasteiger partial charge in [-0.05, 0) is 32.9 Å². The molecule has 2 aliphatic carbocycles. The molecule has 0 aromatic carbocycles. The van der Waals surface area contributed by atoms with Gasteiger partial charge >= 0.3 is 7.32 Å². The average molecular weight is 270 g/mol. The van der Waals surface area contributed by atoms with Crippen LogP contribution in [0, 0.1) is 5.41 Å². The minimum atomic E-state index is -1.76. The van der Waals surface area contributed by atoms with Crippen molar-refractivity contribution in [1.82, 2.24) is 0 Å². The first-order valence-corrected chi connectivity index (χ1v) is 7.51. The third kappa shape index (κ3) is 2.14.